The molecule has 0 aromatic carbocycles. The number of nitrogens with one attached hydrogen (secondary N) is 1. The van der Waals surface area contributed by atoms with Crippen molar-refractivity contribution in [2.45, 2.75) is 219 Å². The summed E-state index contributed by atoms with van der Waals surface area (Å²) in [5, 5.41) is 5.28. The molecule has 0 atom stereocenters. The van der Waals surface area contributed by atoms with Gasteiger partial charge in [-0.3, -0.25) is 24.9 Å². The minimum Gasteiger partial charge on any atom is -0.354 e. The van der Waals surface area contributed by atoms with Crippen LogP contribution in [-0.2, 0) is 25.7 Å². The predicted molar refractivity (Wildman–Crippen MR) is 371 cm³/mol. The molecule has 86 heavy (non-hydrogen) atoms. The lowest BCUT2D eigenvalue weighted by Gasteiger charge is -2.18. The summed E-state index contributed by atoms with van der Waals surface area (Å²) in [6.45, 7) is 42.8. The summed E-state index contributed by atoms with van der Waals surface area (Å²) >= 11 is 1.83. The fourth-order valence-electron chi connectivity index (χ4n) is 8.36. The number of aromatic nitrogens is 9. The van der Waals surface area contributed by atoms with Gasteiger partial charge >= 0.3 is 0 Å². The molecule has 7 aromatic rings. The Bertz CT molecular complexity index is 2280. The summed E-state index contributed by atoms with van der Waals surface area (Å²) in [5.41, 5.74) is 5.44. The standard InChI is InChI=1S/2C11H17N.2C10H16N2.C9H15N3.C8H11N.C8H17N.C7H10S/c1-10(2)5-3-6-11-7-4-8-12-9-11;1-10(2)4-3-5-11-6-8-12-9-7-11;1-9(2)5-3-6-10-11-7-4-8-12-10;1-9(2)4-3-5-10-8-11-6-7-12-10;1-9(2,3)7-12-8-10-5-4-6-11-8;1-7(2)8-4-3-5-9-6-8;1-8(2)7-9-5-3-4-6-9;1-6(2)7-4-3-5-8-7/h4,7-10H,3,5-6H2,1-2H3;6-10H,3-5H2,1-2H3;4,7-9H,3,5-6H2,1-2H3;6-9H,3-5H2,1-2H3;4-6H,7H2,1-3H3,(H,10,11,12);3-7H,1-2H3;8H,3-7H2,1-2H3;3-6H,1-2H3. The SMILES string of the molecule is CC(C)(C)CNc1ncccn1.CC(C)CCCc1cccnc1.CC(C)CCCc1ccncc1.CC(C)CCCc1cnccn1.CC(C)CCCc1ncccn1.CC(C)CN1CCCC1.CC(C)c1cccnc1.CC(C)c1cccs1. The van der Waals surface area contributed by atoms with Crippen LogP contribution in [-0.4, -0.2) is 75.9 Å². The molecule has 0 saturated carbocycles. The van der Waals surface area contributed by atoms with Gasteiger partial charge in [0.05, 0.1) is 5.69 Å². The van der Waals surface area contributed by atoms with Crippen molar-refractivity contribution in [3.05, 3.63) is 180 Å². The first kappa shape index (κ1) is 78.2. The number of thiophene rings is 1. The minimum atomic E-state index is 0.263. The summed E-state index contributed by atoms with van der Waals surface area (Å²) < 4.78 is 0. The largest absolute Gasteiger partial charge is 0.354 e. The Balaban J connectivity index is 0.000000493. The summed E-state index contributed by atoms with van der Waals surface area (Å²) in [4.78, 5) is 40.8. The fourth-order valence-corrected chi connectivity index (χ4v) is 9.10. The van der Waals surface area contributed by atoms with Crippen molar-refractivity contribution in [2.24, 2.45) is 35.0 Å². The van der Waals surface area contributed by atoms with Crippen LogP contribution in [0.3, 0.4) is 0 Å². The molecule has 1 aliphatic rings. The second-order valence-electron chi connectivity index (χ2n) is 26.2. The highest BCUT2D eigenvalue weighted by molar-refractivity contribution is 7.10. The fraction of sp³-hybridized carbons (Fsp3) is 0.581. The number of pyridine rings is 3. The average molecular weight is 1190 g/mol. The van der Waals surface area contributed by atoms with Crippen molar-refractivity contribution in [1.29, 1.82) is 0 Å². The highest BCUT2D eigenvalue weighted by Crippen LogP contribution is 2.19. The van der Waals surface area contributed by atoms with Crippen LogP contribution in [0.4, 0.5) is 5.95 Å². The summed E-state index contributed by atoms with van der Waals surface area (Å²) in [6, 6.07) is 20.3. The van der Waals surface area contributed by atoms with E-state index in [1.54, 1.807) is 43.4 Å². The number of hydrogen-bond acceptors (Lipinski definition) is 12. The highest BCUT2D eigenvalue weighted by atomic mass is 32.1. The first-order chi connectivity index (χ1) is 41.1. The van der Waals surface area contributed by atoms with E-state index in [-0.39, 0.29) is 5.41 Å². The van der Waals surface area contributed by atoms with E-state index < -0.39 is 0 Å². The van der Waals surface area contributed by atoms with Crippen LogP contribution < -0.4 is 5.32 Å². The van der Waals surface area contributed by atoms with Gasteiger partial charge in [0.15, 0.2) is 0 Å². The van der Waals surface area contributed by atoms with E-state index in [2.05, 4.69) is 215 Å². The normalized spacial score (nSPS) is 11.8. The number of rotatable bonds is 22. The second-order valence-corrected chi connectivity index (χ2v) is 27.2. The van der Waals surface area contributed by atoms with E-state index >= 15 is 0 Å². The van der Waals surface area contributed by atoms with E-state index in [1.807, 2.05) is 72.8 Å². The molecule has 11 nitrogen and oxygen atoms in total. The third-order valence-corrected chi connectivity index (χ3v) is 14.4. The van der Waals surface area contributed by atoms with Gasteiger partial charge < -0.3 is 10.2 Å². The molecule has 0 amide bonds. The lowest BCUT2D eigenvalue weighted by molar-refractivity contribution is 0.298. The van der Waals surface area contributed by atoms with Gasteiger partial charge in [0, 0.05) is 105 Å². The Hall–Kier alpha value is -5.85. The maximum Gasteiger partial charge on any atom is 0.222 e. The molecule has 0 spiro atoms. The molecule has 8 rings (SSSR count). The minimum absolute atomic E-state index is 0.263. The number of hydrogen-bond donors (Lipinski definition) is 1. The van der Waals surface area contributed by atoms with Crippen molar-refractivity contribution < 1.29 is 0 Å². The number of likely N-dealkylation sites (tertiary alicyclic amines) is 1. The maximum absolute atomic E-state index is 4.21. The molecule has 0 bridgehead atoms. The molecule has 1 aliphatic heterocycles. The van der Waals surface area contributed by atoms with Gasteiger partial charge in [-0.15, -0.1) is 11.3 Å². The van der Waals surface area contributed by atoms with Gasteiger partial charge in [-0.1, -0.05) is 162 Å². The zero-order valence-electron chi connectivity index (χ0n) is 57.0. The van der Waals surface area contributed by atoms with E-state index in [1.165, 1.54) is 118 Å². The van der Waals surface area contributed by atoms with E-state index in [9.17, 15) is 0 Å². The molecule has 0 aliphatic carbocycles. The van der Waals surface area contributed by atoms with Crippen molar-refractivity contribution in [3.8, 4) is 0 Å². The second kappa shape index (κ2) is 50.2. The molecule has 1 saturated heterocycles. The Morgan fingerprint density at radius 3 is 1.41 bits per heavy atom. The van der Waals surface area contributed by atoms with Gasteiger partial charge in [0.2, 0.25) is 5.95 Å². The molecule has 8 heterocycles. The Kier molecular flexibility index (Phi) is 45.6. The zero-order valence-corrected chi connectivity index (χ0v) is 57.8. The lowest BCUT2D eigenvalue weighted by Crippen LogP contribution is -2.23. The third kappa shape index (κ3) is 48.3. The molecule has 1 fully saturated rings. The molecular formula is C74H119N11S. The van der Waals surface area contributed by atoms with E-state index in [0.29, 0.717) is 17.8 Å². The maximum atomic E-state index is 4.21. The van der Waals surface area contributed by atoms with Gasteiger partial charge in [-0.05, 0) is 182 Å². The van der Waals surface area contributed by atoms with Gasteiger partial charge in [-0.2, -0.15) is 0 Å². The van der Waals surface area contributed by atoms with Crippen LogP contribution in [0.15, 0.2) is 147 Å². The molecule has 476 valence electrons. The van der Waals surface area contributed by atoms with Crippen molar-refractivity contribution in [3.63, 3.8) is 0 Å². The van der Waals surface area contributed by atoms with Crippen LogP contribution in [0.2, 0.25) is 0 Å². The number of anilines is 1. The number of nitrogens with zero attached hydrogens (tertiary/aromatic N) is 10. The third-order valence-electron chi connectivity index (χ3n) is 13.2. The molecule has 0 unspecified atom stereocenters. The molecule has 7 aromatic heterocycles. The molecular weight excluding hydrogens is 1070 g/mol. The monoisotopic (exact) mass is 1190 g/mol. The van der Waals surface area contributed by atoms with Crippen LogP contribution >= 0.6 is 11.3 Å². The Morgan fingerprint density at radius 2 is 0.977 bits per heavy atom. The summed E-state index contributed by atoms with van der Waals surface area (Å²) in [7, 11) is 0. The van der Waals surface area contributed by atoms with Crippen LogP contribution in [0.1, 0.15) is 227 Å². The van der Waals surface area contributed by atoms with E-state index in [0.717, 1.165) is 60.5 Å². The van der Waals surface area contributed by atoms with Crippen molar-refractivity contribution in [2.75, 3.05) is 31.5 Å². The molecule has 0 radical (unpaired) electrons. The first-order valence-electron chi connectivity index (χ1n) is 32.6. The predicted octanol–water partition coefficient (Wildman–Crippen LogP) is 19.8. The van der Waals surface area contributed by atoms with Crippen molar-refractivity contribution >= 4 is 17.3 Å². The van der Waals surface area contributed by atoms with E-state index in [4.69, 9.17) is 0 Å². The van der Waals surface area contributed by atoms with Crippen LogP contribution in [0, 0.1) is 35.0 Å². The molecule has 1 N–H and O–H groups in total. The quantitative estimate of drug-likeness (QED) is 0.0696. The van der Waals surface area contributed by atoms with Crippen LogP contribution in [0.25, 0.3) is 0 Å². The first-order valence-corrected chi connectivity index (χ1v) is 33.5. The Morgan fingerprint density at radius 1 is 0.453 bits per heavy atom. The molecule has 12 heteroatoms. The topological polar surface area (TPSA) is 131 Å². The zero-order chi connectivity index (χ0) is 63.6. The van der Waals surface area contributed by atoms with Gasteiger partial charge in [0.25, 0.3) is 0 Å². The highest BCUT2D eigenvalue weighted by Gasteiger charge is 2.12. The summed E-state index contributed by atoms with van der Waals surface area (Å²) in [5.74, 6) is 7.05. The van der Waals surface area contributed by atoms with Gasteiger partial charge in [0.1, 0.15) is 5.82 Å². The average Bonchev–Trinajstić information content (AvgIpc) is 4.25. The smallest absolute Gasteiger partial charge is 0.222 e. The number of aryl methyl sites for hydroxylation is 4. The Labute approximate surface area is 529 Å². The van der Waals surface area contributed by atoms with Gasteiger partial charge in [-0.25, -0.2) is 19.9 Å². The van der Waals surface area contributed by atoms with Crippen molar-refractivity contribution in [1.82, 2.24) is 49.8 Å². The van der Waals surface area contributed by atoms with Crippen LogP contribution in [0.5, 0.6) is 0 Å². The lowest BCUT2D eigenvalue weighted by atomic mass is 9.97. The summed E-state index contributed by atoms with van der Waals surface area (Å²) in [6.07, 6.45) is 41.1.